The van der Waals surface area contributed by atoms with E-state index in [-0.39, 0.29) is 18.7 Å². The van der Waals surface area contributed by atoms with Crippen molar-refractivity contribution in [3.05, 3.63) is 47.2 Å². The monoisotopic (exact) mass is 551 g/mol. The van der Waals surface area contributed by atoms with Crippen molar-refractivity contribution >= 4 is 23.6 Å². The van der Waals surface area contributed by atoms with E-state index >= 15 is 0 Å². The topological polar surface area (TPSA) is 123 Å². The molecule has 0 unspecified atom stereocenters. The first kappa shape index (κ1) is 29.7. The molecule has 218 valence electrons. The first-order chi connectivity index (χ1) is 19.5. The van der Waals surface area contributed by atoms with Crippen LogP contribution in [0.15, 0.2) is 30.3 Å². The lowest BCUT2D eigenvalue weighted by Gasteiger charge is -2.35. The number of nitrogens with one attached hydrogen (secondary N) is 3. The summed E-state index contributed by atoms with van der Waals surface area (Å²) in [6, 6.07) is 11.3. The SMILES string of the molecule is Cc1cc(N2CCN(C(=O)CCC(=O)O)CC2)nc(NCc2ccc(CNCCCNC3CCCCC3)cc2)n1. The van der Waals surface area contributed by atoms with Crippen LogP contribution < -0.4 is 20.9 Å². The van der Waals surface area contributed by atoms with E-state index in [4.69, 9.17) is 10.1 Å². The van der Waals surface area contributed by atoms with Crippen LogP contribution in [0.2, 0.25) is 0 Å². The van der Waals surface area contributed by atoms with Crippen LogP contribution in [0.3, 0.4) is 0 Å². The summed E-state index contributed by atoms with van der Waals surface area (Å²) in [6.07, 6.45) is 7.90. The Morgan fingerprint density at radius 1 is 0.925 bits per heavy atom. The number of carboxylic acid groups (broad SMARTS) is 1. The molecule has 10 heteroatoms. The molecule has 2 aromatic rings. The molecule has 40 heavy (non-hydrogen) atoms. The maximum atomic E-state index is 12.2. The van der Waals surface area contributed by atoms with E-state index < -0.39 is 5.97 Å². The summed E-state index contributed by atoms with van der Waals surface area (Å²) in [7, 11) is 0. The highest BCUT2D eigenvalue weighted by Gasteiger charge is 2.23. The van der Waals surface area contributed by atoms with Gasteiger partial charge in [0.15, 0.2) is 0 Å². The van der Waals surface area contributed by atoms with Gasteiger partial charge >= 0.3 is 5.97 Å². The van der Waals surface area contributed by atoms with Crippen LogP contribution >= 0.6 is 0 Å². The fraction of sp³-hybridized carbons (Fsp3) is 0.600. The Kier molecular flexibility index (Phi) is 11.5. The fourth-order valence-corrected chi connectivity index (χ4v) is 5.37. The summed E-state index contributed by atoms with van der Waals surface area (Å²) in [5.74, 6) is 0.373. The highest BCUT2D eigenvalue weighted by Crippen LogP contribution is 2.19. The third kappa shape index (κ3) is 9.75. The Balaban J connectivity index is 1.16. The summed E-state index contributed by atoms with van der Waals surface area (Å²) in [5, 5.41) is 19.4. The number of carbonyl (C=O) groups is 2. The minimum Gasteiger partial charge on any atom is -0.481 e. The first-order valence-electron chi connectivity index (χ1n) is 14.8. The van der Waals surface area contributed by atoms with Gasteiger partial charge < -0.3 is 30.9 Å². The number of carbonyl (C=O) groups excluding carboxylic acids is 1. The number of aromatic nitrogens is 2. The minimum atomic E-state index is -0.945. The summed E-state index contributed by atoms with van der Waals surface area (Å²) in [4.78, 5) is 36.1. The summed E-state index contributed by atoms with van der Waals surface area (Å²) in [6.45, 7) is 8.00. The Morgan fingerprint density at radius 2 is 1.62 bits per heavy atom. The number of piperazine rings is 1. The largest absolute Gasteiger partial charge is 0.481 e. The smallest absolute Gasteiger partial charge is 0.303 e. The van der Waals surface area contributed by atoms with Crippen molar-refractivity contribution in [1.29, 1.82) is 0 Å². The van der Waals surface area contributed by atoms with Crippen molar-refractivity contribution in [2.75, 3.05) is 49.5 Å². The summed E-state index contributed by atoms with van der Waals surface area (Å²) >= 11 is 0. The minimum absolute atomic E-state index is 0.0472. The van der Waals surface area contributed by atoms with Gasteiger partial charge in [0.05, 0.1) is 6.42 Å². The molecule has 0 bridgehead atoms. The van der Waals surface area contributed by atoms with Gasteiger partial charge in [0.2, 0.25) is 11.9 Å². The van der Waals surface area contributed by atoms with E-state index in [1.54, 1.807) is 4.90 Å². The van der Waals surface area contributed by atoms with Gasteiger partial charge in [-0.1, -0.05) is 43.5 Å². The van der Waals surface area contributed by atoms with Gasteiger partial charge in [0.25, 0.3) is 0 Å². The normalized spacial score (nSPS) is 16.2. The van der Waals surface area contributed by atoms with E-state index in [0.717, 1.165) is 43.6 Å². The van der Waals surface area contributed by atoms with Gasteiger partial charge in [0.1, 0.15) is 5.82 Å². The third-order valence-electron chi connectivity index (χ3n) is 7.72. The molecule has 2 heterocycles. The second-order valence-electron chi connectivity index (χ2n) is 10.9. The predicted octanol–water partition coefficient (Wildman–Crippen LogP) is 3.31. The molecule has 0 atom stereocenters. The molecule has 4 rings (SSSR count). The number of hydrogen-bond donors (Lipinski definition) is 4. The van der Waals surface area contributed by atoms with Gasteiger partial charge in [-0.15, -0.1) is 0 Å². The van der Waals surface area contributed by atoms with E-state index in [1.807, 2.05) is 13.0 Å². The van der Waals surface area contributed by atoms with E-state index in [9.17, 15) is 9.59 Å². The molecule has 1 aliphatic carbocycles. The predicted molar refractivity (Wildman–Crippen MR) is 157 cm³/mol. The third-order valence-corrected chi connectivity index (χ3v) is 7.72. The molecule has 1 aromatic heterocycles. The van der Waals surface area contributed by atoms with Crippen LogP contribution in [0.5, 0.6) is 0 Å². The van der Waals surface area contributed by atoms with E-state index in [0.29, 0.717) is 38.7 Å². The number of nitrogens with zero attached hydrogens (tertiary/aromatic N) is 4. The zero-order valence-corrected chi connectivity index (χ0v) is 23.8. The Hall–Kier alpha value is -3.24. The number of carboxylic acids is 1. The van der Waals surface area contributed by atoms with Gasteiger partial charge in [-0.2, -0.15) is 4.98 Å². The Labute approximate surface area is 238 Å². The Morgan fingerprint density at radius 3 is 2.33 bits per heavy atom. The van der Waals surface area contributed by atoms with Gasteiger partial charge in [0, 0.05) is 63.5 Å². The highest BCUT2D eigenvalue weighted by atomic mass is 16.4. The zero-order valence-electron chi connectivity index (χ0n) is 23.8. The standard InChI is InChI=1S/C30H45N7O3/c1-23-20-27(36-16-18-37(19-17-36)28(38)12-13-29(39)40)35-30(34-23)33-22-25-10-8-24(9-11-25)21-31-14-5-15-32-26-6-3-2-4-7-26/h8-11,20,26,31-32H,2-7,12-19,21-22H2,1H3,(H,39,40)(H,33,34,35). The molecular weight excluding hydrogens is 506 g/mol. The molecule has 2 aliphatic rings. The van der Waals surface area contributed by atoms with Crippen LogP contribution in [0, 0.1) is 6.92 Å². The lowest BCUT2D eigenvalue weighted by atomic mass is 9.95. The van der Waals surface area contributed by atoms with Crippen molar-refractivity contribution in [3.8, 4) is 0 Å². The molecular formula is C30H45N7O3. The number of benzene rings is 1. The van der Waals surface area contributed by atoms with Crippen LogP contribution in [-0.4, -0.2) is 77.2 Å². The molecule has 1 saturated heterocycles. The molecule has 4 N–H and O–H groups in total. The van der Waals surface area contributed by atoms with Crippen molar-refractivity contribution in [2.45, 2.75) is 77.4 Å². The van der Waals surface area contributed by atoms with Crippen LogP contribution in [0.4, 0.5) is 11.8 Å². The van der Waals surface area contributed by atoms with Crippen LogP contribution in [0.25, 0.3) is 0 Å². The molecule has 2 fully saturated rings. The number of anilines is 2. The molecule has 1 aliphatic heterocycles. The molecule has 0 spiro atoms. The fourth-order valence-electron chi connectivity index (χ4n) is 5.37. The summed E-state index contributed by atoms with van der Waals surface area (Å²) < 4.78 is 0. The van der Waals surface area contributed by atoms with Crippen molar-refractivity contribution < 1.29 is 14.7 Å². The number of aliphatic carboxylic acids is 1. The number of hydrogen-bond acceptors (Lipinski definition) is 8. The van der Waals surface area contributed by atoms with Crippen molar-refractivity contribution in [3.63, 3.8) is 0 Å². The number of amides is 1. The number of aryl methyl sites for hydroxylation is 1. The summed E-state index contributed by atoms with van der Waals surface area (Å²) in [5.41, 5.74) is 3.32. The highest BCUT2D eigenvalue weighted by molar-refractivity contribution is 5.81. The maximum Gasteiger partial charge on any atom is 0.303 e. The lowest BCUT2D eigenvalue weighted by Crippen LogP contribution is -2.49. The average Bonchev–Trinajstić information content (AvgIpc) is 2.97. The molecule has 1 amide bonds. The quantitative estimate of drug-likeness (QED) is 0.262. The van der Waals surface area contributed by atoms with E-state index in [2.05, 4.69) is 50.1 Å². The van der Waals surface area contributed by atoms with Gasteiger partial charge in [-0.25, -0.2) is 4.98 Å². The maximum absolute atomic E-state index is 12.2. The zero-order chi connectivity index (χ0) is 28.2. The molecule has 1 saturated carbocycles. The molecule has 10 nitrogen and oxygen atoms in total. The molecule has 0 radical (unpaired) electrons. The first-order valence-corrected chi connectivity index (χ1v) is 14.8. The van der Waals surface area contributed by atoms with Crippen molar-refractivity contribution in [2.24, 2.45) is 0 Å². The van der Waals surface area contributed by atoms with Crippen LogP contribution in [0.1, 0.15) is 68.2 Å². The second kappa shape index (κ2) is 15.5. The number of rotatable bonds is 14. The Bertz CT molecular complexity index is 1080. The van der Waals surface area contributed by atoms with E-state index in [1.165, 1.54) is 43.2 Å². The second-order valence-corrected chi connectivity index (χ2v) is 10.9. The lowest BCUT2D eigenvalue weighted by molar-refractivity contribution is -0.141. The molecule has 1 aromatic carbocycles. The van der Waals surface area contributed by atoms with Crippen molar-refractivity contribution in [1.82, 2.24) is 25.5 Å². The van der Waals surface area contributed by atoms with Gasteiger partial charge in [-0.3, -0.25) is 9.59 Å². The van der Waals surface area contributed by atoms with Crippen LogP contribution in [-0.2, 0) is 22.7 Å². The average molecular weight is 552 g/mol. The van der Waals surface area contributed by atoms with Gasteiger partial charge in [-0.05, 0) is 50.4 Å².